The Balaban J connectivity index is 2.18. The molecule has 1 N–H and O–H groups in total. The molecule has 0 spiro atoms. The second-order valence-electron chi connectivity index (χ2n) is 6.34. The quantitative estimate of drug-likeness (QED) is 0.905. The number of benzene rings is 1. The van der Waals surface area contributed by atoms with E-state index in [0.717, 1.165) is 0 Å². The monoisotopic (exact) mass is 352 g/mol. The van der Waals surface area contributed by atoms with Gasteiger partial charge < -0.3 is 4.74 Å². The molecule has 130 valence electrons. The van der Waals surface area contributed by atoms with Crippen molar-refractivity contribution in [1.82, 2.24) is 4.90 Å². The highest BCUT2D eigenvalue weighted by molar-refractivity contribution is 7.93. The third kappa shape index (κ3) is 4.58. The van der Waals surface area contributed by atoms with Gasteiger partial charge in [-0.3, -0.25) is 9.62 Å². The number of hydrogen-bond donors (Lipinski definition) is 1. The molecule has 5 nitrogen and oxygen atoms in total. The summed E-state index contributed by atoms with van der Waals surface area (Å²) in [7, 11) is -5.44. The lowest BCUT2D eigenvalue weighted by atomic mass is 9.93. The van der Waals surface area contributed by atoms with Crippen molar-refractivity contribution >= 4 is 15.7 Å². The van der Waals surface area contributed by atoms with Crippen LogP contribution in [0.1, 0.15) is 19.4 Å². The second-order valence-corrected chi connectivity index (χ2v) is 8.01. The molecule has 23 heavy (non-hydrogen) atoms. The van der Waals surface area contributed by atoms with Crippen LogP contribution in [0.3, 0.4) is 0 Å². The summed E-state index contributed by atoms with van der Waals surface area (Å²) in [5, 5.41) is 0. The Kier molecular flexibility index (Phi) is 4.93. The summed E-state index contributed by atoms with van der Waals surface area (Å²) in [6, 6.07) is 6.04. The summed E-state index contributed by atoms with van der Waals surface area (Å²) < 4.78 is 67.3. The Hall–Kier alpha value is -1.32. The molecule has 0 bridgehead atoms. The van der Waals surface area contributed by atoms with Crippen LogP contribution in [0.15, 0.2) is 24.3 Å². The van der Waals surface area contributed by atoms with Crippen molar-refractivity contribution in [1.29, 1.82) is 0 Å². The minimum Gasteiger partial charge on any atom is -0.365 e. The smallest absolute Gasteiger partial charge is 0.365 e. The number of sulfonamides is 1. The Bertz CT molecular complexity index is 659. The van der Waals surface area contributed by atoms with Gasteiger partial charge in [-0.1, -0.05) is 32.0 Å². The fraction of sp³-hybridized carbons (Fsp3) is 0.571. The number of nitrogens with one attached hydrogen (secondary N) is 1. The summed E-state index contributed by atoms with van der Waals surface area (Å²) in [5.74, 6) is 0. The fourth-order valence-corrected chi connectivity index (χ4v) is 3.05. The standard InChI is InChI=1S/C14H19F3N2O3S/c1-13(2)8-19(10-22-9-13)7-11-5-3-4-6-12(11)18-23(20,21)14(15,16)17/h3-6,18H,7-10H2,1-2H3. The molecule has 1 fully saturated rings. The molecule has 1 heterocycles. The van der Waals surface area contributed by atoms with Crippen molar-refractivity contribution in [3.05, 3.63) is 29.8 Å². The average molecular weight is 352 g/mol. The first-order valence-corrected chi connectivity index (χ1v) is 8.46. The highest BCUT2D eigenvalue weighted by Crippen LogP contribution is 2.29. The van der Waals surface area contributed by atoms with Crippen molar-refractivity contribution in [3.63, 3.8) is 0 Å². The van der Waals surface area contributed by atoms with E-state index in [1.165, 1.54) is 12.1 Å². The third-order valence-corrected chi connectivity index (χ3v) is 4.48. The minimum absolute atomic E-state index is 0.0708. The Morgan fingerprint density at radius 1 is 1.30 bits per heavy atom. The van der Waals surface area contributed by atoms with Gasteiger partial charge in [0.2, 0.25) is 0 Å². The maximum Gasteiger partial charge on any atom is 0.516 e. The first-order valence-electron chi connectivity index (χ1n) is 6.97. The predicted molar refractivity (Wildman–Crippen MR) is 80.0 cm³/mol. The number of ether oxygens (including phenoxy) is 1. The lowest BCUT2D eigenvalue weighted by molar-refractivity contribution is -0.0814. The Labute approximate surface area is 133 Å². The lowest BCUT2D eigenvalue weighted by Gasteiger charge is -2.38. The molecule has 0 radical (unpaired) electrons. The van der Waals surface area contributed by atoms with Gasteiger partial charge >= 0.3 is 15.5 Å². The SMILES string of the molecule is CC1(C)COCN(Cc2ccccc2NS(=O)(=O)C(F)(F)F)C1. The van der Waals surface area contributed by atoms with Gasteiger partial charge in [-0.05, 0) is 11.6 Å². The summed E-state index contributed by atoms with van der Waals surface area (Å²) in [6.45, 7) is 6.00. The van der Waals surface area contributed by atoms with E-state index in [1.54, 1.807) is 16.9 Å². The number of rotatable bonds is 4. The van der Waals surface area contributed by atoms with E-state index >= 15 is 0 Å². The van der Waals surface area contributed by atoms with E-state index in [0.29, 0.717) is 32.0 Å². The lowest BCUT2D eigenvalue weighted by Crippen LogP contribution is -2.43. The van der Waals surface area contributed by atoms with Gasteiger partial charge in [0.05, 0.1) is 19.0 Å². The molecule has 0 aromatic heterocycles. The Morgan fingerprint density at radius 3 is 2.57 bits per heavy atom. The molecular weight excluding hydrogens is 333 g/mol. The van der Waals surface area contributed by atoms with E-state index in [4.69, 9.17) is 4.74 Å². The molecule has 0 saturated carbocycles. The van der Waals surface area contributed by atoms with Gasteiger partial charge in [-0.2, -0.15) is 21.6 Å². The third-order valence-electron chi connectivity index (χ3n) is 3.38. The number of anilines is 1. The molecule has 2 rings (SSSR count). The van der Waals surface area contributed by atoms with Gasteiger partial charge in [-0.25, -0.2) is 0 Å². The highest BCUT2D eigenvalue weighted by atomic mass is 32.2. The fourth-order valence-electron chi connectivity index (χ4n) is 2.45. The highest BCUT2D eigenvalue weighted by Gasteiger charge is 2.46. The predicted octanol–water partition coefficient (Wildman–Crippen LogP) is 2.76. The van der Waals surface area contributed by atoms with E-state index in [2.05, 4.69) is 0 Å². The van der Waals surface area contributed by atoms with Crippen LogP contribution < -0.4 is 4.72 Å². The van der Waals surface area contributed by atoms with Crippen LogP contribution in [0, 0.1) is 5.41 Å². The average Bonchev–Trinajstić information content (AvgIpc) is 2.38. The molecule has 9 heteroatoms. The maximum absolute atomic E-state index is 12.5. The molecular formula is C14H19F3N2O3S. The topological polar surface area (TPSA) is 58.6 Å². The zero-order chi connectivity index (χ0) is 17.3. The van der Waals surface area contributed by atoms with Gasteiger partial charge in [0.1, 0.15) is 0 Å². The van der Waals surface area contributed by atoms with E-state index in [-0.39, 0.29) is 11.1 Å². The number of hydrogen-bond acceptors (Lipinski definition) is 4. The number of nitrogens with zero attached hydrogens (tertiary/aromatic N) is 1. The molecule has 1 aromatic rings. The van der Waals surface area contributed by atoms with Crippen LogP contribution in [-0.4, -0.2) is 38.7 Å². The molecule has 0 aliphatic carbocycles. The molecule has 1 saturated heterocycles. The first-order chi connectivity index (χ1) is 10.5. The zero-order valence-electron chi connectivity index (χ0n) is 12.9. The van der Waals surface area contributed by atoms with Gasteiger partial charge in [0.15, 0.2) is 0 Å². The van der Waals surface area contributed by atoms with Crippen molar-refractivity contribution in [3.8, 4) is 0 Å². The van der Waals surface area contributed by atoms with Crippen LogP contribution in [-0.2, 0) is 21.3 Å². The number of halogens is 3. The van der Waals surface area contributed by atoms with Crippen LogP contribution in [0.25, 0.3) is 0 Å². The molecule has 0 atom stereocenters. The molecule has 1 aromatic carbocycles. The summed E-state index contributed by atoms with van der Waals surface area (Å²) >= 11 is 0. The summed E-state index contributed by atoms with van der Waals surface area (Å²) in [4.78, 5) is 1.92. The van der Waals surface area contributed by atoms with E-state index in [9.17, 15) is 21.6 Å². The van der Waals surface area contributed by atoms with Gasteiger partial charge in [0, 0.05) is 18.5 Å². The van der Waals surface area contributed by atoms with E-state index < -0.39 is 15.5 Å². The molecule has 1 aliphatic heterocycles. The van der Waals surface area contributed by atoms with Crippen molar-refractivity contribution < 1.29 is 26.3 Å². The summed E-state index contributed by atoms with van der Waals surface area (Å²) in [6.07, 6.45) is 0. The van der Waals surface area contributed by atoms with Crippen LogP contribution in [0.2, 0.25) is 0 Å². The van der Waals surface area contributed by atoms with Crippen LogP contribution in [0.5, 0.6) is 0 Å². The van der Waals surface area contributed by atoms with Crippen LogP contribution >= 0.6 is 0 Å². The van der Waals surface area contributed by atoms with Crippen LogP contribution in [0.4, 0.5) is 18.9 Å². The molecule has 0 amide bonds. The van der Waals surface area contributed by atoms with Crippen molar-refractivity contribution in [2.24, 2.45) is 5.41 Å². The first kappa shape index (κ1) is 18.0. The molecule has 1 aliphatic rings. The normalized spacial score (nSPS) is 19.5. The maximum atomic E-state index is 12.5. The summed E-state index contributed by atoms with van der Waals surface area (Å²) in [5.41, 5.74) is -5.04. The number of alkyl halides is 3. The second kappa shape index (κ2) is 6.29. The number of para-hydroxylation sites is 1. The largest absolute Gasteiger partial charge is 0.516 e. The van der Waals surface area contributed by atoms with Gasteiger partial charge in [-0.15, -0.1) is 0 Å². The van der Waals surface area contributed by atoms with Crippen molar-refractivity contribution in [2.45, 2.75) is 25.9 Å². The Morgan fingerprint density at radius 2 is 1.96 bits per heavy atom. The van der Waals surface area contributed by atoms with E-state index in [1.807, 2.05) is 18.7 Å². The van der Waals surface area contributed by atoms with Crippen molar-refractivity contribution in [2.75, 3.05) is 24.6 Å². The zero-order valence-corrected chi connectivity index (χ0v) is 13.7. The molecule has 0 unspecified atom stereocenters. The van der Waals surface area contributed by atoms with Gasteiger partial charge in [0.25, 0.3) is 0 Å². The minimum atomic E-state index is -5.44.